The van der Waals surface area contributed by atoms with Gasteiger partial charge in [0.05, 0.1) is 0 Å². The molecule has 2 rings (SSSR count). The third-order valence-corrected chi connectivity index (χ3v) is 3.63. The van der Waals surface area contributed by atoms with E-state index in [0.717, 1.165) is 12.8 Å². The van der Waals surface area contributed by atoms with Crippen molar-refractivity contribution in [2.75, 3.05) is 12.8 Å². The molecule has 0 saturated carbocycles. The maximum atomic E-state index is 5.69. The molecule has 0 aliphatic carbocycles. The normalized spacial score (nSPS) is 11.6. The number of rotatable bonds is 7. The Balaban J connectivity index is 2.06. The predicted octanol–water partition coefficient (Wildman–Crippen LogP) is 2.89. The van der Waals surface area contributed by atoms with Crippen molar-refractivity contribution in [3.63, 3.8) is 0 Å². The highest BCUT2D eigenvalue weighted by Gasteiger charge is 2.33. The second-order valence-electron chi connectivity index (χ2n) is 4.78. The van der Waals surface area contributed by atoms with Crippen LogP contribution in [0.3, 0.4) is 0 Å². The molecule has 21 heavy (non-hydrogen) atoms. The molecule has 0 spiro atoms. The number of hydrogen-bond acceptors (Lipinski definition) is 6. The van der Waals surface area contributed by atoms with E-state index in [4.69, 9.17) is 19.7 Å². The van der Waals surface area contributed by atoms with Crippen LogP contribution in [0.4, 0.5) is 5.69 Å². The van der Waals surface area contributed by atoms with Crippen molar-refractivity contribution in [3.8, 4) is 5.75 Å². The van der Waals surface area contributed by atoms with E-state index >= 15 is 0 Å². The number of anilines is 1. The molecule has 0 aliphatic rings. The van der Waals surface area contributed by atoms with Gasteiger partial charge in [-0.1, -0.05) is 25.1 Å². The summed E-state index contributed by atoms with van der Waals surface area (Å²) >= 11 is 0. The highest BCUT2D eigenvalue weighted by molar-refractivity contribution is 5.43. The van der Waals surface area contributed by atoms with Crippen molar-refractivity contribution in [3.05, 3.63) is 36.0 Å². The fourth-order valence-corrected chi connectivity index (χ4v) is 2.19. The number of ether oxygens (including phenoxy) is 2. The number of aromatic nitrogens is 2. The van der Waals surface area contributed by atoms with E-state index in [1.165, 1.54) is 0 Å². The minimum atomic E-state index is -0.501. The Bertz CT molecular complexity index is 571. The summed E-state index contributed by atoms with van der Waals surface area (Å²) in [5, 5.41) is 4.02. The first-order chi connectivity index (χ1) is 10.1. The molecule has 2 N–H and O–H groups in total. The molecular formula is C15H21N3O3. The minimum absolute atomic E-state index is 0.198. The number of methoxy groups -OCH3 is 1. The van der Waals surface area contributed by atoms with Gasteiger partial charge in [-0.05, 0) is 25.0 Å². The zero-order valence-electron chi connectivity index (χ0n) is 12.6. The van der Waals surface area contributed by atoms with Crippen molar-refractivity contribution in [1.82, 2.24) is 10.1 Å². The molecular weight excluding hydrogens is 270 g/mol. The molecule has 0 amide bonds. The second kappa shape index (κ2) is 6.58. The summed E-state index contributed by atoms with van der Waals surface area (Å²) in [6.45, 7) is 4.27. The van der Waals surface area contributed by atoms with Crippen LogP contribution in [-0.4, -0.2) is 17.3 Å². The van der Waals surface area contributed by atoms with Crippen molar-refractivity contribution in [2.45, 2.75) is 38.9 Å². The lowest BCUT2D eigenvalue weighted by atomic mass is 9.96. The fourth-order valence-electron chi connectivity index (χ4n) is 2.19. The summed E-state index contributed by atoms with van der Waals surface area (Å²) < 4.78 is 16.4. The van der Waals surface area contributed by atoms with Gasteiger partial charge in [-0.2, -0.15) is 4.98 Å². The first kappa shape index (κ1) is 15.3. The molecule has 114 valence electrons. The van der Waals surface area contributed by atoms with Gasteiger partial charge in [0.25, 0.3) is 5.89 Å². The maximum absolute atomic E-state index is 5.69. The van der Waals surface area contributed by atoms with Crippen LogP contribution in [-0.2, 0) is 16.9 Å². The molecule has 0 fully saturated rings. The van der Waals surface area contributed by atoms with E-state index in [2.05, 4.69) is 10.1 Å². The second-order valence-corrected chi connectivity index (χ2v) is 4.78. The first-order valence-electron chi connectivity index (χ1n) is 7.00. The van der Waals surface area contributed by atoms with Gasteiger partial charge in [-0.3, -0.25) is 0 Å². The van der Waals surface area contributed by atoms with E-state index in [-0.39, 0.29) is 6.61 Å². The molecule has 0 unspecified atom stereocenters. The molecule has 2 aromatic rings. The van der Waals surface area contributed by atoms with Crippen LogP contribution in [0.5, 0.6) is 5.75 Å². The number of hydrogen-bond donors (Lipinski definition) is 1. The van der Waals surface area contributed by atoms with Gasteiger partial charge in [0.1, 0.15) is 11.4 Å². The molecule has 6 nitrogen and oxygen atoms in total. The number of nitrogen functional groups attached to an aromatic ring is 1. The van der Waals surface area contributed by atoms with Crippen LogP contribution in [0.2, 0.25) is 0 Å². The Morgan fingerprint density at radius 3 is 2.67 bits per heavy atom. The lowest BCUT2D eigenvalue weighted by Gasteiger charge is -2.25. The zero-order valence-corrected chi connectivity index (χ0v) is 12.6. The molecule has 1 aromatic carbocycles. The van der Waals surface area contributed by atoms with Crippen LogP contribution >= 0.6 is 0 Å². The lowest BCUT2D eigenvalue weighted by Crippen LogP contribution is -2.28. The van der Waals surface area contributed by atoms with Crippen LogP contribution in [0, 0.1) is 0 Å². The quantitative estimate of drug-likeness (QED) is 0.790. The van der Waals surface area contributed by atoms with Gasteiger partial charge in [0, 0.05) is 18.9 Å². The number of nitrogens with zero attached hydrogens (tertiary/aromatic N) is 2. The summed E-state index contributed by atoms with van der Waals surface area (Å²) in [4.78, 5) is 4.37. The Labute approximate surface area is 124 Å². The zero-order chi connectivity index (χ0) is 15.3. The SMILES string of the molecule is CCC(CC)(OC)c1noc(COc2cccc(N)c2)n1. The summed E-state index contributed by atoms with van der Waals surface area (Å²) in [6.07, 6.45) is 1.55. The van der Waals surface area contributed by atoms with Crippen LogP contribution in [0.25, 0.3) is 0 Å². The topological polar surface area (TPSA) is 83.4 Å². The van der Waals surface area contributed by atoms with Crippen LogP contribution in [0.1, 0.15) is 38.4 Å². The van der Waals surface area contributed by atoms with Crippen molar-refractivity contribution >= 4 is 5.69 Å². The van der Waals surface area contributed by atoms with Gasteiger partial charge in [-0.15, -0.1) is 0 Å². The highest BCUT2D eigenvalue weighted by Crippen LogP contribution is 2.30. The molecule has 0 atom stereocenters. The van der Waals surface area contributed by atoms with Crippen LogP contribution < -0.4 is 10.5 Å². The lowest BCUT2D eigenvalue weighted by molar-refractivity contribution is -0.0306. The third kappa shape index (κ3) is 3.33. The molecule has 6 heteroatoms. The predicted molar refractivity (Wildman–Crippen MR) is 78.8 cm³/mol. The van der Waals surface area contributed by atoms with Gasteiger partial charge in [0.2, 0.25) is 5.82 Å². The number of benzene rings is 1. The Morgan fingerprint density at radius 1 is 1.29 bits per heavy atom. The van der Waals surface area contributed by atoms with Gasteiger partial charge >= 0.3 is 0 Å². The smallest absolute Gasteiger partial charge is 0.264 e. The molecule has 0 saturated heterocycles. The van der Waals surface area contributed by atoms with Crippen molar-refractivity contribution in [2.24, 2.45) is 0 Å². The minimum Gasteiger partial charge on any atom is -0.484 e. The summed E-state index contributed by atoms with van der Waals surface area (Å²) in [6, 6.07) is 7.20. The molecule has 0 aliphatic heterocycles. The largest absolute Gasteiger partial charge is 0.484 e. The van der Waals surface area contributed by atoms with E-state index in [0.29, 0.717) is 23.2 Å². The van der Waals surface area contributed by atoms with Gasteiger partial charge in [-0.25, -0.2) is 0 Å². The van der Waals surface area contributed by atoms with Gasteiger partial charge in [0.15, 0.2) is 6.61 Å². The average molecular weight is 291 g/mol. The number of nitrogens with two attached hydrogens (primary N) is 1. The van der Waals surface area contributed by atoms with E-state index in [1.54, 1.807) is 19.2 Å². The monoisotopic (exact) mass is 291 g/mol. The van der Waals surface area contributed by atoms with Crippen molar-refractivity contribution < 1.29 is 14.0 Å². The average Bonchev–Trinajstić information content (AvgIpc) is 2.97. The first-order valence-corrected chi connectivity index (χ1v) is 7.00. The third-order valence-electron chi connectivity index (χ3n) is 3.63. The van der Waals surface area contributed by atoms with Crippen molar-refractivity contribution in [1.29, 1.82) is 0 Å². The summed E-state index contributed by atoms with van der Waals surface area (Å²) in [7, 11) is 1.66. The van der Waals surface area contributed by atoms with E-state index in [9.17, 15) is 0 Å². The summed E-state index contributed by atoms with van der Waals surface area (Å²) in [5.74, 6) is 1.63. The maximum Gasteiger partial charge on any atom is 0.264 e. The highest BCUT2D eigenvalue weighted by atomic mass is 16.5. The molecule has 0 radical (unpaired) electrons. The van der Waals surface area contributed by atoms with E-state index in [1.807, 2.05) is 26.0 Å². The standard InChI is InChI=1S/C15H21N3O3/c1-4-15(5-2,19-3)14-17-13(21-18-14)10-20-12-8-6-7-11(16)9-12/h6-9H,4-5,10,16H2,1-3H3. The fraction of sp³-hybridized carbons (Fsp3) is 0.467. The van der Waals surface area contributed by atoms with E-state index < -0.39 is 5.60 Å². The summed E-state index contributed by atoms with van der Waals surface area (Å²) in [5.41, 5.74) is 5.84. The van der Waals surface area contributed by atoms with Gasteiger partial charge < -0.3 is 19.7 Å². The van der Waals surface area contributed by atoms with Crippen LogP contribution in [0.15, 0.2) is 28.8 Å². The molecule has 1 heterocycles. The Hall–Kier alpha value is -2.08. The Kier molecular flexibility index (Phi) is 4.80. The molecule has 1 aromatic heterocycles. The molecule has 0 bridgehead atoms. The Morgan fingerprint density at radius 2 is 2.05 bits per heavy atom.